The lowest BCUT2D eigenvalue weighted by molar-refractivity contribution is 0.0642. The summed E-state index contributed by atoms with van der Waals surface area (Å²) < 4.78 is 7.13. The van der Waals surface area contributed by atoms with E-state index in [1.54, 1.807) is 12.0 Å². The van der Waals surface area contributed by atoms with Crippen LogP contribution >= 0.6 is 0 Å². The Bertz CT molecular complexity index is 441. The van der Waals surface area contributed by atoms with Gasteiger partial charge in [-0.25, -0.2) is 0 Å². The first kappa shape index (κ1) is 16.0. The molecule has 1 aromatic rings. The van der Waals surface area contributed by atoms with Crippen molar-refractivity contribution < 1.29 is 14.6 Å². The van der Waals surface area contributed by atoms with Gasteiger partial charge in [0.25, 0.3) is 5.91 Å². The van der Waals surface area contributed by atoms with Crippen molar-refractivity contribution in [3.63, 3.8) is 0 Å². The highest BCUT2D eigenvalue weighted by Crippen LogP contribution is 2.22. The maximum absolute atomic E-state index is 12.7. The Labute approximate surface area is 125 Å². The minimum absolute atomic E-state index is 0.0374. The molecular formula is C15H25N3O3. The summed E-state index contributed by atoms with van der Waals surface area (Å²) in [7, 11) is 1.61. The predicted molar refractivity (Wildman–Crippen MR) is 80.4 cm³/mol. The number of aliphatic hydroxyl groups excluding tert-OH is 1. The summed E-state index contributed by atoms with van der Waals surface area (Å²) in [6.45, 7) is 3.23. The van der Waals surface area contributed by atoms with Gasteiger partial charge in [-0.3, -0.25) is 4.79 Å². The molecule has 0 bridgehead atoms. The molecule has 1 saturated heterocycles. The Hall–Kier alpha value is -1.37. The number of nitrogens with one attached hydrogen (secondary N) is 1. The van der Waals surface area contributed by atoms with Crippen LogP contribution in [0.4, 0.5) is 0 Å². The highest BCUT2D eigenvalue weighted by molar-refractivity contribution is 5.92. The second kappa shape index (κ2) is 8.17. The standard InChI is InChI=1S/C15H25N3O3/c1-21-12-10-17(9-11-19)15(20)14-3-2-8-18(14)13-4-6-16-7-5-13/h2-3,8,13,16,19H,4-7,9-12H2,1H3. The summed E-state index contributed by atoms with van der Waals surface area (Å²) in [5.41, 5.74) is 0.700. The SMILES string of the molecule is COCCN(CCO)C(=O)c1cccn1C1CCNCC1. The molecule has 0 aromatic carbocycles. The molecule has 2 rings (SSSR count). The second-order valence-electron chi connectivity index (χ2n) is 5.29. The zero-order valence-electron chi connectivity index (χ0n) is 12.6. The highest BCUT2D eigenvalue weighted by atomic mass is 16.5. The van der Waals surface area contributed by atoms with Gasteiger partial charge in [-0.2, -0.15) is 0 Å². The molecule has 118 valence electrons. The van der Waals surface area contributed by atoms with Crippen LogP contribution in [-0.4, -0.2) is 67.0 Å². The van der Waals surface area contributed by atoms with Gasteiger partial charge in [0, 0.05) is 32.4 Å². The third-order valence-electron chi connectivity index (χ3n) is 3.92. The molecule has 0 radical (unpaired) electrons. The van der Waals surface area contributed by atoms with E-state index in [2.05, 4.69) is 9.88 Å². The van der Waals surface area contributed by atoms with E-state index in [4.69, 9.17) is 9.84 Å². The summed E-state index contributed by atoms with van der Waals surface area (Å²) in [4.78, 5) is 14.3. The van der Waals surface area contributed by atoms with Crippen molar-refractivity contribution in [3.8, 4) is 0 Å². The van der Waals surface area contributed by atoms with Gasteiger partial charge in [-0.05, 0) is 38.1 Å². The number of piperidine rings is 1. The predicted octanol–water partition coefficient (Wildman–Crippen LogP) is 0.494. The molecule has 0 saturated carbocycles. The van der Waals surface area contributed by atoms with Gasteiger partial charge in [-0.1, -0.05) is 0 Å². The van der Waals surface area contributed by atoms with Crippen LogP contribution in [0.5, 0.6) is 0 Å². The fourth-order valence-corrected chi connectivity index (χ4v) is 2.78. The maximum atomic E-state index is 12.7. The number of hydrogen-bond donors (Lipinski definition) is 2. The van der Waals surface area contributed by atoms with Crippen LogP contribution in [0.3, 0.4) is 0 Å². The summed E-state index contributed by atoms with van der Waals surface area (Å²) in [6, 6.07) is 4.16. The lowest BCUT2D eigenvalue weighted by Crippen LogP contribution is -2.38. The molecule has 0 spiro atoms. The third kappa shape index (κ3) is 4.06. The molecule has 1 amide bonds. The van der Waals surface area contributed by atoms with Gasteiger partial charge in [0.2, 0.25) is 0 Å². The van der Waals surface area contributed by atoms with Crippen LogP contribution in [0.15, 0.2) is 18.3 Å². The average molecular weight is 295 g/mol. The van der Waals surface area contributed by atoms with Crippen molar-refractivity contribution in [2.45, 2.75) is 18.9 Å². The number of hydrogen-bond acceptors (Lipinski definition) is 4. The normalized spacial score (nSPS) is 16.1. The van der Waals surface area contributed by atoms with Crippen molar-refractivity contribution in [2.75, 3.05) is 46.5 Å². The largest absolute Gasteiger partial charge is 0.395 e. The quantitative estimate of drug-likeness (QED) is 0.768. The van der Waals surface area contributed by atoms with Gasteiger partial charge in [0.1, 0.15) is 5.69 Å². The zero-order valence-corrected chi connectivity index (χ0v) is 12.6. The molecule has 6 heteroatoms. The fraction of sp³-hybridized carbons (Fsp3) is 0.667. The molecule has 6 nitrogen and oxygen atoms in total. The highest BCUT2D eigenvalue weighted by Gasteiger charge is 2.23. The van der Waals surface area contributed by atoms with Crippen LogP contribution in [0, 0.1) is 0 Å². The van der Waals surface area contributed by atoms with Gasteiger partial charge in [0.15, 0.2) is 0 Å². The molecule has 1 aliphatic heterocycles. The van der Waals surface area contributed by atoms with Crippen molar-refractivity contribution in [1.29, 1.82) is 0 Å². The van der Waals surface area contributed by atoms with E-state index >= 15 is 0 Å². The van der Waals surface area contributed by atoms with Crippen LogP contribution in [0.2, 0.25) is 0 Å². The van der Waals surface area contributed by atoms with Gasteiger partial charge < -0.3 is 24.6 Å². The smallest absolute Gasteiger partial charge is 0.270 e. The first-order valence-electron chi connectivity index (χ1n) is 7.54. The van der Waals surface area contributed by atoms with Crippen LogP contribution in [0.25, 0.3) is 0 Å². The minimum Gasteiger partial charge on any atom is -0.395 e. The van der Waals surface area contributed by atoms with Crippen LogP contribution < -0.4 is 5.32 Å². The zero-order chi connectivity index (χ0) is 15.1. The lowest BCUT2D eigenvalue weighted by atomic mass is 10.1. The molecule has 0 unspecified atom stereocenters. The number of carbonyl (C=O) groups is 1. The minimum atomic E-state index is -0.0382. The Morgan fingerprint density at radius 1 is 1.48 bits per heavy atom. The van der Waals surface area contributed by atoms with E-state index in [1.807, 2.05) is 18.3 Å². The van der Waals surface area contributed by atoms with E-state index in [-0.39, 0.29) is 12.5 Å². The van der Waals surface area contributed by atoms with Gasteiger partial charge in [0.05, 0.1) is 13.2 Å². The molecule has 21 heavy (non-hydrogen) atoms. The molecule has 1 aliphatic rings. The van der Waals surface area contributed by atoms with Gasteiger partial charge >= 0.3 is 0 Å². The second-order valence-corrected chi connectivity index (χ2v) is 5.29. The summed E-state index contributed by atoms with van der Waals surface area (Å²) >= 11 is 0. The summed E-state index contributed by atoms with van der Waals surface area (Å²) in [6.07, 6.45) is 4.05. The number of carbonyl (C=O) groups excluding carboxylic acids is 1. The third-order valence-corrected chi connectivity index (χ3v) is 3.92. The van der Waals surface area contributed by atoms with E-state index in [0.29, 0.717) is 31.4 Å². The lowest BCUT2D eigenvalue weighted by Gasteiger charge is -2.28. The van der Waals surface area contributed by atoms with E-state index < -0.39 is 0 Å². The number of nitrogens with zero attached hydrogens (tertiary/aromatic N) is 2. The molecule has 0 aliphatic carbocycles. The van der Waals surface area contributed by atoms with E-state index in [9.17, 15) is 4.79 Å². The number of ether oxygens (including phenoxy) is 1. The van der Waals surface area contributed by atoms with E-state index in [1.165, 1.54) is 0 Å². The monoisotopic (exact) mass is 295 g/mol. The van der Waals surface area contributed by atoms with Crippen molar-refractivity contribution >= 4 is 5.91 Å². The molecule has 1 aromatic heterocycles. The maximum Gasteiger partial charge on any atom is 0.270 e. The Kier molecular flexibility index (Phi) is 6.22. The van der Waals surface area contributed by atoms with Crippen LogP contribution in [-0.2, 0) is 4.74 Å². The first-order valence-corrected chi connectivity index (χ1v) is 7.54. The Morgan fingerprint density at radius 3 is 2.90 bits per heavy atom. The summed E-state index contributed by atoms with van der Waals surface area (Å²) in [5.74, 6) is -0.0374. The summed E-state index contributed by atoms with van der Waals surface area (Å²) in [5, 5.41) is 12.5. The van der Waals surface area contributed by atoms with E-state index in [0.717, 1.165) is 25.9 Å². The fourth-order valence-electron chi connectivity index (χ4n) is 2.78. The molecule has 1 fully saturated rings. The molecule has 0 atom stereocenters. The molecular weight excluding hydrogens is 270 g/mol. The van der Waals surface area contributed by atoms with Crippen LogP contribution in [0.1, 0.15) is 29.4 Å². The van der Waals surface area contributed by atoms with Crippen molar-refractivity contribution in [3.05, 3.63) is 24.0 Å². The number of amides is 1. The number of aromatic nitrogens is 1. The number of methoxy groups -OCH3 is 1. The van der Waals surface area contributed by atoms with Crippen molar-refractivity contribution in [1.82, 2.24) is 14.8 Å². The van der Waals surface area contributed by atoms with Gasteiger partial charge in [-0.15, -0.1) is 0 Å². The molecule has 2 heterocycles. The number of aliphatic hydroxyl groups is 1. The first-order chi connectivity index (χ1) is 10.3. The topological polar surface area (TPSA) is 66.7 Å². The molecule has 2 N–H and O–H groups in total. The van der Waals surface area contributed by atoms with Crippen molar-refractivity contribution in [2.24, 2.45) is 0 Å². The average Bonchev–Trinajstić information content (AvgIpc) is 3.01. The Morgan fingerprint density at radius 2 is 2.24 bits per heavy atom. The Balaban J connectivity index is 2.11. The number of rotatable bonds is 7.